The smallest absolute Gasteiger partial charge is 0.244 e. The molecule has 3 rings (SSSR count). The van der Waals surface area contributed by atoms with Gasteiger partial charge in [-0.3, -0.25) is 0 Å². The molecule has 2 heterocycles. The summed E-state index contributed by atoms with van der Waals surface area (Å²) in [5.41, 5.74) is 0. The normalized spacial score (nSPS) is 18.2. The zero-order chi connectivity index (χ0) is 15.9. The van der Waals surface area contributed by atoms with E-state index in [0.717, 1.165) is 12.5 Å². The van der Waals surface area contributed by atoms with Crippen molar-refractivity contribution in [3.05, 3.63) is 40.4 Å². The van der Waals surface area contributed by atoms with E-state index in [0.29, 0.717) is 24.9 Å². The van der Waals surface area contributed by atoms with Crippen molar-refractivity contribution < 1.29 is 17.2 Å². The number of aryl methyl sites for hydroxylation is 1. The van der Waals surface area contributed by atoms with Gasteiger partial charge < -0.3 is 0 Å². The second-order valence-corrected chi connectivity index (χ2v) is 7.39. The van der Waals surface area contributed by atoms with Gasteiger partial charge in [-0.2, -0.15) is 5.10 Å². The van der Waals surface area contributed by atoms with Crippen LogP contribution in [0.2, 0.25) is 0 Å². The summed E-state index contributed by atoms with van der Waals surface area (Å²) in [4.78, 5) is 3.42. The van der Waals surface area contributed by atoms with Gasteiger partial charge in [-0.05, 0) is 34.8 Å². The van der Waals surface area contributed by atoms with Gasteiger partial charge in [-0.1, -0.05) is 0 Å². The van der Waals surface area contributed by atoms with Crippen LogP contribution in [0.25, 0.3) is 0 Å². The van der Waals surface area contributed by atoms with E-state index in [1.807, 2.05) is 0 Å². The molecule has 0 saturated carbocycles. The fourth-order valence-corrected chi connectivity index (χ4v) is 4.17. The van der Waals surface area contributed by atoms with Gasteiger partial charge in [0.15, 0.2) is 0 Å². The molecule has 0 spiro atoms. The van der Waals surface area contributed by atoms with Crippen molar-refractivity contribution in [1.29, 1.82) is 0 Å². The summed E-state index contributed by atoms with van der Waals surface area (Å²) in [6.07, 6.45) is 2.60. The van der Waals surface area contributed by atoms with E-state index in [4.69, 9.17) is 0 Å². The number of nitrogens with one attached hydrogen (secondary N) is 1. The van der Waals surface area contributed by atoms with Gasteiger partial charge in [-0.15, -0.1) is 0 Å². The van der Waals surface area contributed by atoms with Crippen LogP contribution in [0.4, 0.5) is 8.78 Å². The Kier molecular flexibility index (Phi) is 4.00. The lowest BCUT2D eigenvalue weighted by atomic mass is 10.1. The maximum atomic E-state index is 13.8. The summed E-state index contributed by atoms with van der Waals surface area (Å²) in [5, 5.41) is 3.99. The van der Waals surface area contributed by atoms with E-state index >= 15 is 0 Å². The molecule has 1 atom stereocenters. The molecule has 6 nitrogen and oxygen atoms in total. The average molecular weight is 393 g/mol. The van der Waals surface area contributed by atoms with Crippen molar-refractivity contribution in [3.63, 3.8) is 0 Å². The van der Waals surface area contributed by atoms with Gasteiger partial charge >= 0.3 is 0 Å². The first-order valence-electron chi connectivity index (χ1n) is 6.43. The van der Waals surface area contributed by atoms with Crippen molar-refractivity contribution >= 4 is 26.0 Å². The van der Waals surface area contributed by atoms with E-state index in [9.17, 15) is 17.2 Å². The van der Waals surface area contributed by atoms with Crippen LogP contribution in [-0.4, -0.2) is 23.2 Å². The SMILES string of the molecule is O=S(=O)(NC1CCCn2ncnc21)c1cc(Br)c(F)cc1F. The van der Waals surface area contributed by atoms with Crippen molar-refractivity contribution in [3.8, 4) is 0 Å². The summed E-state index contributed by atoms with van der Waals surface area (Å²) < 4.78 is 55.7. The molecule has 1 aliphatic rings. The fourth-order valence-electron chi connectivity index (χ4n) is 2.36. The highest BCUT2D eigenvalue weighted by molar-refractivity contribution is 9.10. The van der Waals surface area contributed by atoms with Crippen molar-refractivity contribution in [2.45, 2.75) is 30.3 Å². The molecular weight excluding hydrogens is 382 g/mol. The van der Waals surface area contributed by atoms with Gasteiger partial charge in [0.25, 0.3) is 0 Å². The van der Waals surface area contributed by atoms with E-state index < -0.39 is 32.6 Å². The van der Waals surface area contributed by atoms with Gasteiger partial charge in [0.2, 0.25) is 10.0 Å². The van der Waals surface area contributed by atoms with Gasteiger partial charge in [0, 0.05) is 12.6 Å². The molecule has 22 heavy (non-hydrogen) atoms. The van der Waals surface area contributed by atoms with Gasteiger partial charge in [0.1, 0.15) is 28.7 Å². The van der Waals surface area contributed by atoms with Crippen LogP contribution in [0, 0.1) is 11.6 Å². The molecule has 0 aliphatic carbocycles. The third-order valence-electron chi connectivity index (χ3n) is 3.38. The Bertz CT molecular complexity index is 825. The lowest BCUT2D eigenvalue weighted by Crippen LogP contribution is -2.33. The zero-order valence-corrected chi connectivity index (χ0v) is 13.5. The van der Waals surface area contributed by atoms with E-state index in [-0.39, 0.29) is 4.47 Å². The number of sulfonamides is 1. The Hall–Kier alpha value is -1.39. The standard InChI is InChI=1S/C12H11BrF2N4O2S/c13-7-4-11(9(15)5-8(7)14)22(20,21)18-10-2-1-3-19-12(10)16-6-17-19/h4-6,10,18H,1-3H2. The predicted octanol–water partition coefficient (Wildman–Crippen LogP) is 2.13. The Morgan fingerprint density at radius 2 is 2.09 bits per heavy atom. The lowest BCUT2D eigenvalue weighted by Gasteiger charge is -2.23. The Labute approximate surface area is 133 Å². The molecule has 1 unspecified atom stereocenters. The second kappa shape index (κ2) is 5.67. The maximum Gasteiger partial charge on any atom is 0.244 e. The quantitative estimate of drug-likeness (QED) is 0.811. The maximum absolute atomic E-state index is 13.8. The van der Waals surface area contributed by atoms with E-state index in [1.54, 1.807) is 4.68 Å². The average Bonchev–Trinajstić information content (AvgIpc) is 2.92. The highest BCUT2D eigenvalue weighted by Gasteiger charge is 2.29. The third kappa shape index (κ3) is 2.77. The number of fused-ring (bicyclic) bond motifs is 1. The molecule has 0 amide bonds. The van der Waals surface area contributed by atoms with Crippen LogP contribution in [-0.2, 0) is 16.6 Å². The number of halogens is 3. The molecule has 0 bridgehead atoms. The molecule has 0 radical (unpaired) electrons. The number of benzene rings is 1. The van der Waals surface area contributed by atoms with Crippen LogP contribution in [0.1, 0.15) is 24.7 Å². The molecule has 1 N–H and O–H groups in total. The number of rotatable bonds is 3. The first-order valence-corrected chi connectivity index (χ1v) is 8.70. The van der Waals surface area contributed by atoms with Crippen molar-refractivity contribution in [1.82, 2.24) is 19.5 Å². The van der Waals surface area contributed by atoms with Crippen LogP contribution in [0.5, 0.6) is 0 Å². The van der Waals surface area contributed by atoms with Crippen molar-refractivity contribution in [2.24, 2.45) is 0 Å². The second-order valence-electron chi connectivity index (χ2n) is 4.85. The van der Waals surface area contributed by atoms with Crippen molar-refractivity contribution in [2.75, 3.05) is 0 Å². The van der Waals surface area contributed by atoms with Crippen LogP contribution in [0.3, 0.4) is 0 Å². The predicted molar refractivity (Wildman–Crippen MR) is 76.4 cm³/mol. The summed E-state index contributed by atoms with van der Waals surface area (Å²) in [5.74, 6) is -1.53. The molecule has 1 aromatic carbocycles. The fraction of sp³-hybridized carbons (Fsp3) is 0.333. The molecule has 0 fully saturated rings. The molecule has 118 valence electrons. The van der Waals surface area contributed by atoms with Gasteiger partial charge in [0.05, 0.1) is 10.5 Å². The van der Waals surface area contributed by atoms with Crippen LogP contribution >= 0.6 is 15.9 Å². The number of hydrogen-bond acceptors (Lipinski definition) is 4. The summed E-state index contributed by atoms with van der Waals surface area (Å²) >= 11 is 2.86. The molecule has 2 aromatic rings. The third-order valence-corrected chi connectivity index (χ3v) is 5.48. The van der Waals surface area contributed by atoms with E-state index in [2.05, 4.69) is 30.7 Å². The number of hydrogen-bond donors (Lipinski definition) is 1. The minimum absolute atomic E-state index is 0.124. The minimum Gasteiger partial charge on any atom is -0.248 e. The Balaban J connectivity index is 1.94. The molecular formula is C12H11BrF2N4O2S. The minimum atomic E-state index is -4.15. The van der Waals surface area contributed by atoms with E-state index in [1.165, 1.54) is 6.33 Å². The van der Waals surface area contributed by atoms with Crippen LogP contribution in [0.15, 0.2) is 27.8 Å². The topological polar surface area (TPSA) is 76.9 Å². The summed E-state index contributed by atoms with van der Waals surface area (Å²) in [6, 6.07) is 0.840. The number of aromatic nitrogens is 3. The highest BCUT2D eigenvalue weighted by Crippen LogP contribution is 2.27. The Morgan fingerprint density at radius 3 is 2.86 bits per heavy atom. The molecule has 10 heteroatoms. The first kappa shape index (κ1) is 15.5. The Morgan fingerprint density at radius 1 is 1.32 bits per heavy atom. The van der Waals surface area contributed by atoms with Crippen LogP contribution < -0.4 is 4.72 Å². The first-order chi connectivity index (χ1) is 10.4. The molecule has 1 aromatic heterocycles. The molecule has 1 aliphatic heterocycles. The van der Waals surface area contributed by atoms with Gasteiger partial charge in [-0.25, -0.2) is 31.6 Å². The summed E-state index contributed by atoms with van der Waals surface area (Å²) in [7, 11) is -4.15. The summed E-state index contributed by atoms with van der Waals surface area (Å²) in [6.45, 7) is 0.657. The molecule has 0 saturated heterocycles. The lowest BCUT2D eigenvalue weighted by molar-refractivity contribution is 0.399. The monoisotopic (exact) mass is 392 g/mol. The highest BCUT2D eigenvalue weighted by atomic mass is 79.9. The zero-order valence-electron chi connectivity index (χ0n) is 11.1. The largest absolute Gasteiger partial charge is 0.248 e. The number of nitrogens with zero attached hydrogens (tertiary/aromatic N) is 3.